The summed E-state index contributed by atoms with van der Waals surface area (Å²) in [4.78, 5) is 15.7. The first-order chi connectivity index (χ1) is 15.1. The van der Waals surface area contributed by atoms with Gasteiger partial charge in [-0.05, 0) is 24.0 Å². The van der Waals surface area contributed by atoms with Crippen molar-refractivity contribution in [3.63, 3.8) is 0 Å². The summed E-state index contributed by atoms with van der Waals surface area (Å²) in [7, 11) is 5.13. The quantitative estimate of drug-likeness (QED) is 0.497. The molecule has 1 aliphatic rings. The molecule has 0 radical (unpaired) electrons. The molecule has 7 nitrogen and oxygen atoms in total. The number of aromatic nitrogens is 3. The van der Waals surface area contributed by atoms with E-state index in [-0.39, 0.29) is 5.56 Å². The minimum Gasteiger partial charge on any atom is -0.493 e. The second-order valence-corrected chi connectivity index (χ2v) is 8.11. The number of methoxy groups -OCH3 is 2. The van der Waals surface area contributed by atoms with Crippen LogP contribution >= 0.6 is 0 Å². The minimum atomic E-state index is -0.0858. The molecular weight excluding hydrogens is 392 g/mol. The minimum absolute atomic E-state index is 0.0858. The molecule has 3 heterocycles. The third kappa shape index (κ3) is 3.25. The molecule has 0 N–H and O–H groups in total. The van der Waals surface area contributed by atoms with Crippen molar-refractivity contribution in [3.05, 3.63) is 64.6 Å². The Balaban J connectivity index is 1.50. The molecule has 0 saturated carbocycles. The molecule has 0 aliphatic carbocycles. The molecular formula is C24H26N4O3. The number of likely N-dealkylation sites (tertiary alicyclic amines) is 1. The van der Waals surface area contributed by atoms with Gasteiger partial charge in [0.1, 0.15) is 5.52 Å². The molecule has 0 bridgehead atoms. The number of rotatable bonds is 5. The van der Waals surface area contributed by atoms with E-state index in [1.165, 1.54) is 5.56 Å². The topological polar surface area (TPSA) is 61.5 Å². The van der Waals surface area contributed by atoms with Crippen LogP contribution in [0.2, 0.25) is 0 Å². The van der Waals surface area contributed by atoms with Gasteiger partial charge < -0.3 is 14.0 Å². The Morgan fingerprint density at radius 1 is 1.06 bits per heavy atom. The summed E-state index contributed by atoms with van der Waals surface area (Å²) in [5.74, 6) is 1.77. The van der Waals surface area contributed by atoms with Crippen LogP contribution < -0.4 is 15.0 Å². The number of ether oxygens (including phenoxy) is 2. The summed E-state index contributed by atoms with van der Waals surface area (Å²) in [6.45, 7) is 2.38. The van der Waals surface area contributed by atoms with Crippen LogP contribution in [-0.4, -0.2) is 46.6 Å². The highest BCUT2D eigenvalue weighted by molar-refractivity contribution is 6.08. The molecule has 160 valence electrons. The van der Waals surface area contributed by atoms with Crippen LogP contribution in [-0.2, 0) is 13.7 Å². The lowest BCUT2D eigenvalue weighted by molar-refractivity contribution is 0.246. The summed E-state index contributed by atoms with van der Waals surface area (Å²) in [5.41, 5.74) is 2.82. The van der Waals surface area contributed by atoms with Crippen LogP contribution in [0.1, 0.15) is 17.9 Å². The van der Waals surface area contributed by atoms with E-state index in [9.17, 15) is 4.79 Å². The van der Waals surface area contributed by atoms with Crippen molar-refractivity contribution in [1.82, 2.24) is 19.2 Å². The normalized spacial score (nSPS) is 16.9. The Hall–Kier alpha value is -3.32. The third-order valence-corrected chi connectivity index (χ3v) is 6.38. The van der Waals surface area contributed by atoms with E-state index in [1.54, 1.807) is 25.1 Å². The Kier molecular flexibility index (Phi) is 4.90. The van der Waals surface area contributed by atoms with Gasteiger partial charge >= 0.3 is 0 Å². The highest BCUT2D eigenvalue weighted by Gasteiger charge is 2.25. The fourth-order valence-corrected chi connectivity index (χ4v) is 4.73. The van der Waals surface area contributed by atoms with Crippen LogP contribution in [0, 0.1) is 0 Å². The van der Waals surface area contributed by atoms with Gasteiger partial charge in [0.15, 0.2) is 11.5 Å². The summed E-state index contributed by atoms with van der Waals surface area (Å²) in [5, 5.41) is 6.26. The predicted molar refractivity (Wildman–Crippen MR) is 121 cm³/mol. The smallest absolute Gasteiger partial charge is 0.292 e. The van der Waals surface area contributed by atoms with Gasteiger partial charge in [0.25, 0.3) is 5.56 Å². The third-order valence-electron chi connectivity index (χ3n) is 6.38. The van der Waals surface area contributed by atoms with Crippen molar-refractivity contribution >= 4 is 21.8 Å². The summed E-state index contributed by atoms with van der Waals surface area (Å²) >= 11 is 0. The maximum atomic E-state index is 13.4. The summed E-state index contributed by atoms with van der Waals surface area (Å²) in [6, 6.07) is 14.4. The molecule has 1 atom stereocenters. The number of aryl methyl sites for hydroxylation is 1. The molecule has 0 unspecified atom stereocenters. The summed E-state index contributed by atoms with van der Waals surface area (Å²) in [6.07, 6.45) is 2.88. The fraction of sp³-hybridized carbons (Fsp3) is 0.333. The lowest BCUT2D eigenvalue weighted by atomic mass is 9.99. The molecule has 4 aromatic rings. The lowest BCUT2D eigenvalue weighted by Crippen LogP contribution is -2.33. The van der Waals surface area contributed by atoms with Gasteiger partial charge in [0.05, 0.1) is 32.6 Å². The van der Waals surface area contributed by atoms with E-state index < -0.39 is 0 Å². The van der Waals surface area contributed by atoms with Crippen LogP contribution in [0.25, 0.3) is 21.8 Å². The molecule has 5 rings (SSSR count). The second kappa shape index (κ2) is 7.74. The number of benzene rings is 2. The van der Waals surface area contributed by atoms with Crippen molar-refractivity contribution in [2.45, 2.75) is 19.0 Å². The largest absolute Gasteiger partial charge is 0.493 e. The Labute approximate surface area is 180 Å². The monoisotopic (exact) mass is 418 g/mol. The van der Waals surface area contributed by atoms with E-state index in [1.807, 2.05) is 29.8 Å². The Bertz CT molecular complexity index is 1310. The standard InChI is InChI=1S/C24H26N4O3/c1-26-20-12-22(31-3)21(30-2)11-18(20)19-13-25-28(24(29)23(19)26)15-27-10-9-17(14-27)16-7-5-4-6-8-16/h4-8,11-13,17H,9-10,14-15H2,1-3H3/t17-/m1/s1. The Morgan fingerprint density at radius 3 is 2.55 bits per heavy atom. The molecule has 1 fully saturated rings. The van der Waals surface area contributed by atoms with Gasteiger partial charge in [-0.2, -0.15) is 5.10 Å². The van der Waals surface area contributed by atoms with Gasteiger partial charge in [-0.15, -0.1) is 0 Å². The lowest BCUT2D eigenvalue weighted by Gasteiger charge is -2.17. The SMILES string of the molecule is COc1cc2c3cnn(CN4CC[C@@H](c5ccccc5)C4)c(=O)c3n(C)c2cc1OC. The maximum absolute atomic E-state index is 13.4. The van der Waals surface area contributed by atoms with Gasteiger partial charge in [0.2, 0.25) is 0 Å². The number of nitrogens with zero attached hydrogens (tertiary/aromatic N) is 4. The van der Waals surface area contributed by atoms with Crippen molar-refractivity contribution < 1.29 is 9.47 Å². The molecule has 0 spiro atoms. The van der Waals surface area contributed by atoms with E-state index in [0.717, 1.165) is 35.8 Å². The van der Waals surface area contributed by atoms with Gasteiger partial charge in [0, 0.05) is 37.0 Å². The molecule has 7 heteroatoms. The van der Waals surface area contributed by atoms with Crippen LogP contribution in [0.5, 0.6) is 11.5 Å². The van der Waals surface area contributed by atoms with Crippen LogP contribution in [0.15, 0.2) is 53.5 Å². The molecule has 2 aromatic heterocycles. The van der Waals surface area contributed by atoms with Crippen molar-refractivity contribution in [1.29, 1.82) is 0 Å². The van der Waals surface area contributed by atoms with E-state index in [2.05, 4.69) is 34.3 Å². The second-order valence-electron chi connectivity index (χ2n) is 8.11. The zero-order valence-electron chi connectivity index (χ0n) is 18.0. The van der Waals surface area contributed by atoms with Gasteiger partial charge in [-0.1, -0.05) is 30.3 Å². The average molecular weight is 418 g/mol. The number of hydrogen-bond acceptors (Lipinski definition) is 5. The first-order valence-electron chi connectivity index (χ1n) is 10.5. The van der Waals surface area contributed by atoms with Gasteiger partial charge in [-0.25, -0.2) is 4.68 Å². The molecule has 31 heavy (non-hydrogen) atoms. The zero-order chi connectivity index (χ0) is 21.5. The maximum Gasteiger partial charge on any atom is 0.292 e. The molecule has 1 aliphatic heterocycles. The van der Waals surface area contributed by atoms with E-state index >= 15 is 0 Å². The molecule has 0 amide bonds. The van der Waals surface area contributed by atoms with E-state index in [0.29, 0.717) is 29.6 Å². The first kappa shape index (κ1) is 19.6. The molecule has 2 aromatic carbocycles. The summed E-state index contributed by atoms with van der Waals surface area (Å²) < 4.78 is 14.4. The highest BCUT2D eigenvalue weighted by Crippen LogP contribution is 2.36. The number of hydrogen-bond donors (Lipinski definition) is 0. The molecule has 1 saturated heterocycles. The average Bonchev–Trinajstić information content (AvgIpc) is 3.38. The van der Waals surface area contributed by atoms with Crippen molar-refractivity contribution in [3.8, 4) is 11.5 Å². The zero-order valence-corrected chi connectivity index (χ0v) is 18.0. The van der Waals surface area contributed by atoms with Crippen LogP contribution in [0.4, 0.5) is 0 Å². The van der Waals surface area contributed by atoms with Crippen LogP contribution in [0.3, 0.4) is 0 Å². The van der Waals surface area contributed by atoms with E-state index in [4.69, 9.17) is 9.47 Å². The highest BCUT2D eigenvalue weighted by atomic mass is 16.5. The Morgan fingerprint density at radius 2 is 1.81 bits per heavy atom. The first-order valence-corrected chi connectivity index (χ1v) is 10.5. The predicted octanol–water partition coefficient (Wildman–Crippen LogP) is 3.35. The van der Waals surface area contributed by atoms with Crippen molar-refractivity contribution in [2.75, 3.05) is 27.3 Å². The van der Waals surface area contributed by atoms with Crippen molar-refractivity contribution in [2.24, 2.45) is 7.05 Å². The van der Waals surface area contributed by atoms with Gasteiger partial charge in [-0.3, -0.25) is 9.69 Å². The number of fused-ring (bicyclic) bond motifs is 3. The fourth-order valence-electron chi connectivity index (χ4n) is 4.73.